The summed E-state index contributed by atoms with van der Waals surface area (Å²) in [6, 6.07) is 0. The zero-order chi connectivity index (χ0) is 14.6. The number of nitrogens with zero attached hydrogens (tertiary/aromatic N) is 2. The van der Waals surface area contributed by atoms with Crippen LogP contribution in [0.15, 0.2) is 4.99 Å². The lowest BCUT2D eigenvalue weighted by Crippen LogP contribution is -2.42. The molecule has 5 nitrogen and oxygen atoms in total. The molecule has 21 heavy (non-hydrogen) atoms. The van der Waals surface area contributed by atoms with Crippen molar-refractivity contribution in [3.8, 4) is 0 Å². The Morgan fingerprint density at radius 1 is 1.19 bits per heavy atom. The second-order valence-corrected chi connectivity index (χ2v) is 5.32. The van der Waals surface area contributed by atoms with E-state index in [1.54, 1.807) is 0 Å². The molecule has 1 aliphatic carbocycles. The minimum absolute atomic E-state index is 0. The van der Waals surface area contributed by atoms with Gasteiger partial charge in [0.25, 0.3) is 0 Å². The Morgan fingerprint density at radius 2 is 1.86 bits per heavy atom. The lowest BCUT2D eigenvalue weighted by molar-refractivity contribution is 0.123. The third-order valence-corrected chi connectivity index (χ3v) is 3.65. The summed E-state index contributed by atoms with van der Waals surface area (Å²) >= 11 is 0. The third-order valence-electron chi connectivity index (χ3n) is 3.65. The van der Waals surface area contributed by atoms with Gasteiger partial charge in [-0.2, -0.15) is 0 Å². The second-order valence-electron chi connectivity index (χ2n) is 5.32. The van der Waals surface area contributed by atoms with E-state index in [1.807, 2.05) is 7.05 Å². The topological polar surface area (TPSA) is 48.9 Å². The van der Waals surface area contributed by atoms with Gasteiger partial charge in [-0.05, 0) is 38.3 Å². The lowest BCUT2D eigenvalue weighted by atomic mass is 10.4. The van der Waals surface area contributed by atoms with E-state index in [0.717, 1.165) is 64.2 Å². The van der Waals surface area contributed by atoms with E-state index in [9.17, 15) is 0 Å². The summed E-state index contributed by atoms with van der Waals surface area (Å²) < 4.78 is 5.61. The van der Waals surface area contributed by atoms with Gasteiger partial charge in [0.2, 0.25) is 0 Å². The van der Waals surface area contributed by atoms with Crippen LogP contribution in [0.5, 0.6) is 0 Å². The quantitative estimate of drug-likeness (QED) is 0.236. The summed E-state index contributed by atoms with van der Waals surface area (Å²) in [6.07, 6.45) is 3.76. The first-order chi connectivity index (χ1) is 9.80. The Balaban J connectivity index is 0.00000400. The fourth-order valence-electron chi connectivity index (χ4n) is 2.01. The zero-order valence-corrected chi connectivity index (χ0v) is 16.2. The number of hydrogen-bond acceptors (Lipinski definition) is 3. The molecule has 0 heterocycles. The van der Waals surface area contributed by atoms with Gasteiger partial charge in [-0.25, -0.2) is 0 Å². The summed E-state index contributed by atoms with van der Waals surface area (Å²) in [5.74, 6) is 1.75. The van der Waals surface area contributed by atoms with Gasteiger partial charge < -0.3 is 20.3 Å². The van der Waals surface area contributed by atoms with Crippen LogP contribution in [0.1, 0.15) is 33.1 Å². The van der Waals surface area contributed by atoms with Crippen molar-refractivity contribution in [1.29, 1.82) is 0 Å². The van der Waals surface area contributed by atoms with Crippen LogP contribution in [0.25, 0.3) is 0 Å². The average Bonchev–Trinajstić information content (AvgIpc) is 3.29. The van der Waals surface area contributed by atoms with Crippen molar-refractivity contribution in [2.45, 2.75) is 33.1 Å². The molecule has 0 unspecified atom stereocenters. The lowest BCUT2D eigenvalue weighted by Gasteiger charge is -2.19. The number of nitrogens with one attached hydrogen (secondary N) is 2. The molecule has 0 spiro atoms. The predicted molar refractivity (Wildman–Crippen MR) is 101 cm³/mol. The Morgan fingerprint density at radius 3 is 2.43 bits per heavy atom. The van der Waals surface area contributed by atoms with Crippen molar-refractivity contribution in [2.75, 3.05) is 53.0 Å². The monoisotopic (exact) mass is 412 g/mol. The number of rotatable bonds is 11. The van der Waals surface area contributed by atoms with Gasteiger partial charge in [-0.3, -0.25) is 4.99 Å². The van der Waals surface area contributed by atoms with Gasteiger partial charge in [0.05, 0.1) is 0 Å². The number of aliphatic imine (C=N–C) groups is 1. The first-order valence-corrected chi connectivity index (χ1v) is 8.04. The van der Waals surface area contributed by atoms with E-state index in [0.29, 0.717) is 0 Å². The largest absolute Gasteiger partial charge is 0.381 e. The standard InChI is InChI=1S/C15H32N4O.HI/c1-4-19(5-2)11-10-18-15(16-3)17-9-6-12-20-13-14-7-8-14;/h14H,4-13H2,1-3H3,(H2,16,17,18);1H. The summed E-state index contributed by atoms with van der Waals surface area (Å²) in [4.78, 5) is 6.62. The molecular weight excluding hydrogens is 379 g/mol. The molecule has 0 atom stereocenters. The van der Waals surface area contributed by atoms with Crippen LogP contribution in [0.3, 0.4) is 0 Å². The molecule has 0 aliphatic heterocycles. The fraction of sp³-hybridized carbons (Fsp3) is 0.933. The summed E-state index contributed by atoms with van der Waals surface area (Å²) in [6.45, 7) is 11.3. The number of ether oxygens (including phenoxy) is 1. The molecule has 0 aromatic heterocycles. The summed E-state index contributed by atoms with van der Waals surface area (Å²) in [5.41, 5.74) is 0. The molecule has 0 bridgehead atoms. The van der Waals surface area contributed by atoms with E-state index in [4.69, 9.17) is 4.74 Å². The third kappa shape index (κ3) is 11.2. The first kappa shape index (κ1) is 20.9. The molecule has 2 N–H and O–H groups in total. The summed E-state index contributed by atoms with van der Waals surface area (Å²) in [5, 5.41) is 6.67. The highest BCUT2D eigenvalue weighted by atomic mass is 127. The molecule has 1 aliphatic rings. The highest BCUT2D eigenvalue weighted by molar-refractivity contribution is 14.0. The van der Waals surface area contributed by atoms with E-state index in [1.165, 1.54) is 12.8 Å². The molecule has 0 amide bonds. The van der Waals surface area contributed by atoms with Gasteiger partial charge in [-0.1, -0.05) is 13.8 Å². The van der Waals surface area contributed by atoms with Crippen molar-refractivity contribution in [1.82, 2.24) is 15.5 Å². The van der Waals surface area contributed by atoms with Crippen LogP contribution in [0.2, 0.25) is 0 Å². The van der Waals surface area contributed by atoms with Gasteiger partial charge in [0.15, 0.2) is 5.96 Å². The Bertz CT molecular complexity index is 268. The maximum Gasteiger partial charge on any atom is 0.191 e. The van der Waals surface area contributed by atoms with Crippen molar-refractivity contribution in [3.05, 3.63) is 0 Å². The number of hydrogen-bond donors (Lipinski definition) is 2. The van der Waals surface area contributed by atoms with Crippen LogP contribution in [0, 0.1) is 5.92 Å². The predicted octanol–water partition coefficient (Wildman–Crippen LogP) is 1.93. The van der Waals surface area contributed by atoms with Crippen molar-refractivity contribution < 1.29 is 4.74 Å². The van der Waals surface area contributed by atoms with E-state index in [2.05, 4.69) is 34.4 Å². The minimum atomic E-state index is 0. The van der Waals surface area contributed by atoms with Crippen LogP contribution in [-0.2, 0) is 4.74 Å². The Labute approximate surface area is 147 Å². The molecule has 126 valence electrons. The highest BCUT2D eigenvalue weighted by Gasteiger charge is 2.20. The minimum Gasteiger partial charge on any atom is -0.381 e. The number of likely N-dealkylation sites (N-methyl/N-ethyl adjacent to an activating group) is 1. The van der Waals surface area contributed by atoms with Crippen LogP contribution < -0.4 is 10.6 Å². The molecule has 6 heteroatoms. The van der Waals surface area contributed by atoms with Gasteiger partial charge in [0.1, 0.15) is 0 Å². The zero-order valence-electron chi connectivity index (χ0n) is 13.9. The van der Waals surface area contributed by atoms with Crippen LogP contribution in [0.4, 0.5) is 0 Å². The normalized spacial score (nSPS) is 15.0. The number of guanidine groups is 1. The molecule has 0 radical (unpaired) electrons. The molecule has 1 rings (SSSR count). The Kier molecular flexibility index (Phi) is 13.5. The van der Waals surface area contributed by atoms with Crippen molar-refractivity contribution >= 4 is 29.9 Å². The molecule has 0 aromatic carbocycles. The van der Waals surface area contributed by atoms with Gasteiger partial charge >= 0.3 is 0 Å². The van der Waals surface area contributed by atoms with Crippen molar-refractivity contribution in [2.24, 2.45) is 10.9 Å². The van der Waals surface area contributed by atoms with Crippen LogP contribution in [-0.4, -0.2) is 63.8 Å². The first-order valence-electron chi connectivity index (χ1n) is 8.04. The van der Waals surface area contributed by atoms with Gasteiger partial charge in [-0.15, -0.1) is 24.0 Å². The maximum absolute atomic E-state index is 5.61. The van der Waals surface area contributed by atoms with E-state index in [-0.39, 0.29) is 24.0 Å². The van der Waals surface area contributed by atoms with Crippen LogP contribution >= 0.6 is 24.0 Å². The molecule has 1 fully saturated rings. The molecule has 0 aromatic rings. The fourth-order valence-corrected chi connectivity index (χ4v) is 2.01. The van der Waals surface area contributed by atoms with E-state index < -0.39 is 0 Å². The SMILES string of the molecule is CCN(CC)CCNC(=NC)NCCCOCC1CC1.I. The molecule has 1 saturated carbocycles. The van der Waals surface area contributed by atoms with Crippen molar-refractivity contribution in [3.63, 3.8) is 0 Å². The van der Waals surface area contributed by atoms with E-state index >= 15 is 0 Å². The molecular formula is C15H33IN4O. The smallest absolute Gasteiger partial charge is 0.191 e. The Hall–Kier alpha value is -0.0800. The molecule has 0 saturated heterocycles. The highest BCUT2D eigenvalue weighted by Crippen LogP contribution is 2.28. The number of halogens is 1. The maximum atomic E-state index is 5.61. The summed E-state index contributed by atoms with van der Waals surface area (Å²) in [7, 11) is 1.82. The average molecular weight is 412 g/mol. The second kappa shape index (κ2) is 13.6. The van der Waals surface area contributed by atoms with Gasteiger partial charge in [0, 0.05) is 39.9 Å².